The fraction of sp³-hybridized carbons (Fsp3) is 0.900. The Morgan fingerprint density at radius 3 is 2.50 bits per heavy atom. The number of nitrogens with zero attached hydrogens (tertiary/aromatic N) is 1. The summed E-state index contributed by atoms with van der Waals surface area (Å²) in [6.45, 7) is 3.87. The average Bonchev–Trinajstić information content (AvgIpc) is 2.58. The Kier molecular flexibility index (Phi) is 4.32. The van der Waals surface area contributed by atoms with Gasteiger partial charge in [-0.05, 0) is 12.5 Å². The van der Waals surface area contributed by atoms with Gasteiger partial charge in [0.1, 0.15) is 9.84 Å². The molecule has 0 radical (unpaired) electrons. The molecule has 1 aliphatic rings. The monoisotopic (exact) mass is 248 g/mol. The maximum Gasteiger partial charge on any atom is 0.227 e. The van der Waals surface area contributed by atoms with E-state index in [0.717, 1.165) is 6.54 Å². The van der Waals surface area contributed by atoms with Gasteiger partial charge in [0, 0.05) is 26.4 Å². The summed E-state index contributed by atoms with van der Waals surface area (Å²) in [5.74, 6) is 0.392. The number of nitrogens with one attached hydrogen (secondary N) is 1. The maximum atomic E-state index is 12.0. The van der Waals surface area contributed by atoms with Crippen LogP contribution in [-0.2, 0) is 14.6 Å². The van der Waals surface area contributed by atoms with E-state index in [2.05, 4.69) is 5.32 Å². The molecule has 0 aromatic rings. The van der Waals surface area contributed by atoms with Gasteiger partial charge in [0.15, 0.2) is 0 Å². The number of sulfone groups is 1. The lowest BCUT2D eigenvalue weighted by Gasteiger charge is -2.22. The van der Waals surface area contributed by atoms with Crippen molar-refractivity contribution in [2.24, 2.45) is 11.8 Å². The number of hydrogen-bond acceptors (Lipinski definition) is 4. The summed E-state index contributed by atoms with van der Waals surface area (Å²) in [7, 11) is -1.33. The van der Waals surface area contributed by atoms with Crippen molar-refractivity contribution in [1.29, 1.82) is 0 Å². The summed E-state index contributed by atoms with van der Waals surface area (Å²) < 4.78 is 22.0. The van der Waals surface area contributed by atoms with Gasteiger partial charge < -0.3 is 10.2 Å². The molecule has 5 nitrogen and oxygen atoms in total. The van der Waals surface area contributed by atoms with E-state index in [-0.39, 0.29) is 24.1 Å². The summed E-state index contributed by atoms with van der Waals surface area (Å²) in [5.41, 5.74) is 0. The van der Waals surface area contributed by atoms with Crippen LogP contribution in [0.3, 0.4) is 0 Å². The molecule has 2 atom stereocenters. The molecule has 0 aromatic heterocycles. The van der Waals surface area contributed by atoms with Crippen molar-refractivity contribution in [2.45, 2.75) is 6.92 Å². The van der Waals surface area contributed by atoms with Gasteiger partial charge in [0.25, 0.3) is 0 Å². The van der Waals surface area contributed by atoms with Crippen LogP contribution in [0.25, 0.3) is 0 Å². The first-order valence-electron chi connectivity index (χ1n) is 5.44. The van der Waals surface area contributed by atoms with Gasteiger partial charge in [-0.1, -0.05) is 6.92 Å². The molecule has 0 saturated carbocycles. The molecule has 1 heterocycles. The van der Waals surface area contributed by atoms with Crippen LogP contribution in [0, 0.1) is 11.8 Å². The van der Waals surface area contributed by atoms with Crippen molar-refractivity contribution >= 4 is 15.7 Å². The predicted octanol–water partition coefficient (Wildman–Crippen LogP) is -0.655. The molecular formula is C10H20N2O3S. The highest BCUT2D eigenvalue weighted by molar-refractivity contribution is 7.90. The van der Waals surface area contributed by atoms with Crippen LogP contribution in [0.5, 0.6) is 0 Å². The minimum Gasteiger partial charge on any atom is -0.344 e. The Labute approximate surface area is 97.1 Å². The number of carbonyl (C=O) groups excluding carboxylic acids is 1. The molecule has 0 unspecified atom stereocenters. The van der Waals surface area contributed by atoms with Crippen LogP contribution >= 0.6 is 0 Å². The lowest BCUT2D eigenvalue weighted by molar-refractivity contribution is -0.134. The van der Waals surface area contributed by atoms with E-state index in [9.17, 15) is 13.2 Å². The van der Waals surface area contributed by atoms with Crippen molar-refractivity contribution < 1.29 is 13.2 Å². The maximum absolute atomic E-state index is 12.0. The Bertz CT molecular complexity index is 353. The Hall–Kier alpha value is -0.620. The number of hydrogen-bond donors (Lipinski definition) is 1. The quantitative estimate of drug-likeness (QED) is 0.717. The van der Waals surface area contributed by atoms with Crippen LogP contribution in [0.4, 0.5) is 0 Å². The zero-order chi connectivity index (χ0) is 12.3. The second-order valence-electron chi connectivity index (χ2n) is 4.63. The molecule has 6 heteroatoms. The van der Waals surface area contributed by atoms with Crippen LogP contribution in [0.2, 0.25) is 0 Å². The normalized spacial score (nSPS) is 25.7. The average molecular weight is 248 g/mol. The molecule has 0 bridgehead atoms. The predicted molar refractivity (Wildman–Crippen MR) is 62.9 cm³/mol. The zero-order valence-corrected chi connectivity index (χ0v) is 10.9. The molecule has 0 aromatic carbocycles. The topological polar surface area (TPSA) is 66.5 Å². The van der Waals surface area contributed by atoms with E-state index in [1.807, 2.05) is 6.92 Å². The van der Waals surface area contributed by atoms with E-state index in [0.29, 0.717) is 12.5 Å². The lowest BCUT2D eigenvalue weighted by Crippen LogP contribution is -2.38. The van der Waals surface area contributed by atoms with E-state index in [1.54, 1.807) is 7.05 Å². The molecule has 1 saturated heterocycles. The molecule has 1 fully saturated rings. The van der Waals surface area contributed by atoms with Gasteiger partial charge in [-0.3, -0.25) is 4.79 Å². The first-order valence-corrected chi connectivity index (χ1v) is 7.50. The van der Waals surface area contributed by atoms with Crippen molar-refractivity contribution in [2.75, 3.05) is 38.7 Å². The smallest absolute Gasteiger partial charge is 0.227 e. The third kappa shape index (κ3) is 3.75. The zero-order valence-electron chi connectivity index (χ0n) is 10.1. The summed E-state index contributed by atoms with van der Waals surface area (Å²) in [5, 5.41) is 3.16. The summed E-state index contributed by atoms with van der Waals surface area (Å²) >= 11 is 0. The highest BCUT2D eigenvalue weighted by atomic mass is 32.2. The lowest BCUT2D eigenvalue weighted by atomic mass is 9.97. The molecule has 94 valence electrons. The van der Waals surface area contributed by atoms with Crippen LogP contribution in [0.15, 0.2) is 0 Å². The third-order valence-corrected chi connectivity index (χ3v) is 3.93. The highest BCUT2D eigenvalue weighted by Gasteiger charge is 2.31. The highest BCUT2D eigenvalue weighted by Crippen LogP contribution is 2.17. The minimum absolute atomic E-state index is 0.00967. The summed E-state index contributed by atoms with van der Waals surface area (Å²) in [6, 6.07) is 0. The first-order chi connectivity index (χ1) is 7.31. The van der Waals surface area contributed by atoms with Crippen LogP contribution < -0.4 is 5.32 Å². The third-order valence-electron chi connectivity index (χ3n) is 3.01. The number of carbonyl (C=O) groups is 1. The fourth-order valence-corrected chi connectivity index (χ4v) is 2.44. The van der Waals surface area contributed by atoms with Crippen molar-refractivity contribution in [3.05, 3.63) is 0 Å². The molecule has 0 aliphatic carbocycles. The molecule has 16 heavy (non-hydrogen) atoms. The van der Waals surface area contributed by atoms with Gasteiger partial charge in [-0.25, -0.2) is 8.42 Å². The fourth-order valence-electron chi connectivity index (χ4n) is 1.84. The second kappa shape index (κ2) is 5.14. The molecule has 1 rings (SSSR count). The van der Waals surface area contributed by atoms with Gasteiger partial charge >= 0.3 is 0 Å². The van der Waals surface area contributed by atoms with Crippen LogP contribution in [-0.4, -0.2) is 57.9 Å². The first kappa shape index (κ1) is 13.4. The van der Waals surface area contributed by atoms with Crippen molar-refractivity contribution in [3.8, 4) is 0 Å². The molecule has 1 aliphatic heterocycles. The van der Waals surface area contributed by atoms with E-state index >= 15 is 0 Å². The molecule has 0 spiro atoms. The van der Waals surface area contributed by atoms with E-state index in [1.165, 1.54) is 11.2 Å². The molecule has 1 amide bonds. The van der Waals surface area contributed by atoms with Crippen molar-refractivity contribution in [3.63, 3.8) is 0 Å². The number of amides is 1. The second-order valence-corrected chi connectivity index (χ2v) is 6.89. The van der Waals surface area contributed by atoms with Crippen LogP contribution in [0.1, 0.15) is 6.92 Å². The van der Waals surface area contributed by atoms with Gasteiger partial charge in [0.2, 0.25) is 5.91 Å². The molecule has 1 N–H and O–H groups in total. The van der Waals surface area contributed by atoms with Gasteiger partial charge in [-0.15, -0.1) is 0 Å². The van der Waals surface area contributed by atoms with E-state index in [4.69, 9.17) is 0 Å². The minimum atomic E-state index is -3.00. The summed E-state index contributed by atoms with van der Waals surface area (Å²) in [6.07, 6.45) is 1.19. The Morgan fingerprint density at radius 1 is 1.44 bits per heavy atom. The van der Waals surface area contributed by atoms with E-state index < -0.39 is 9.84 Å². The van der Waals surface area contributed by atoms with Crippen molar-refractivity contribution in [1.82, 2.24) is 10.2 Å². The largest absolute Gasteiger partial charge is 0.344 e. The van der Waals surface area contributed by atoms with Gasteiger partial charge in [-0.2, -0.15) is 0 Å². The molecular weight excluding hydrogens is 228 g/mol. The summed E-state index contributed by atoms with van der Waals surface area (Å²) in [4.78, 5) is 13.5. The Balaban J connectivity index is 2.47. The number of rotatable bonds is 4. The standard InChI is InChI=1S/C10H20N2O3S/c1-8-6-11-7-9(8)10(13)12(2)4-5-16(3,14)15/h8-9,11H,4-7H2,1-3H3/t8-,9-/m1/s1. The van der Waals surface area contributed by atoms with Gasteiger partial charge in [0.05, 0.1) is 11.7 Å². The Morgan fingerprint density at radius 2 is 2.06 bits per heavy atom. The SMILES string of the molecule is C[C@@H]1CNC[C@H]1C(=O)N(C)CCS(C)(=O)=O.